The highest BCUT2D eigenvalue weighted by atomic mass is 28.4. The molecule has 2 fully saturated rings. The van der Waals surface area contributed by atoms with Crippen molar-refractivity contribution in [3.63, 3.8) is 0 Å². The predicted molar refractivity (Wildman–Crippen MR) is 329 cm³/mol. The molecule has 0 unspecified atom stereocenters. The van der Waals surface area contributed by atoms with Gasteiger partial charge < -0.3 is 43.0 Å². The number of aliphatic imine (C=N–C) groups is 1. The van der Waals surface area contributed by atoms with E-state index in [1.54, 1.807) is 12.5 Å². The molecule has 10 nitrogen and oxygen atoms in total. The van der Waals surface area contributed by atoms with Gasteiger partial charge in [0, 0.05) is 36.2 Å². The third-order valence-corrected chi connectivity index (χ3v) is 25.7. The molecule has 2 saturated heterocycles. The summed E-state index contributed by atoms with van der Waals surface area (Å²) in [6.07, 6.45) is 25.9. The summed E-state index contributed by atoms with van der Waals surface area (Å²) >= 11 is 0. The van der Waals surface area contributed by atoms with Crippen molar-refractivity contribution >= 4 is 22.3 Å². The summed E-state index contributed by atoms with van der Waals surface area (Å²) in [6, 6.07) is 20.1. The monoisotopic (exact) mass is 1110 g/mol. The molecule has 77 heavy (non-hydrogen) atoms. The lowest BCUT2D eigenvalue weighted by molar-refractivity contribution is -0.239. The van der Waals surface area contributed by atoms with Crippen molar-refractivity contribution in [2.45, 2.75) is 271 Å². The van der Waals surface area contributed by atoms with Gasteiger partial charge in [-0.2, -0.15) is 0 Å². The Morgan fingerprint density at radius 2 is 0.909 bits per heavy atom. The summed E-state index contributed by atoms with van der Waals surface area (Å²) in [5.41, 5.74) is 9.58. The average molecular weight is 1110 g/mol. The number of hydrogen-bond donors (Lipinski definition) is 1. The normalized spacial score (nSPS) is 24.4. The van der Waals surface area contributed by atoms with Crippen LogP contribution in [-0.2, 0) is 37.3 Å². The molecule has 0 aromatic heterocycles. The van der Waals surface area contributed by atoms with Crippen molar-refractivity contribution in [1.29, 1.82) is 0 Å². The Labute approximate surface area is 474 Å². The molecule has 0 saturated carbocycles. The van der Waals surface area contributed by atoms with Crippen LogP contribution in [0.1, 0.15) is 197 Å². The number of unbranched alkanes of at least 4 members (excludes halogenated alkanes) is 14. The van der Waals surface area contributed by atoms with E-state index in [1.807, 2.05) is 38.1 Å². The fourth-order valence-corrected chi connectivity index (χ4v) is 11.3. The van der Waals surface area contributed by atoms with E-state index < -0.39 is 29.2 Å². The zero-order valence-electron chi connectivity index (χ0n) is 51.8. The summed E-state index contributed by atoms with van der Waals surface area (Å²) in [5, 5.41) is 0.278. The number of allylic oxidation sites excluding steroid dienone is 2. The van der Waals surface area contributed by atoms with Crippen LogP contribution >= 0.6 is 0 Å². The first-order valence-electron chi connectivity index (χ1n) is 30.4. The van der Waals surface area contributed by atoms with Crippen molar-refractivity contribution < 1.29 is 37.3 Å². The second-order valence-electron chi connectivity index (χ2n) is 25.1. The van der Waals surface area contributed by atoms with Gasteiger partial charge in [0.2, 0.25) is 12.6 Å². The molecule has 2 aliphatic rings. The Kier molecular flexibility index (Phi) is 32.0. The SMILES string of the molecule is C/C=C\O[C@H]1O[C@H](CO[Si](C)(C)C(C)(C)C)[C@@H](C)[C@H](OCCCCCCCCCC)[C@H]1N.C/C=C\O[C@H]1O[C@H](CO[Si](C)(C)C(C)(C)C)[C@@H](C)[C@H](OCCCCCCCCCC)[C@H]1N=C(c1ccccc1)c1ccccc1. The Morgan fingerprint density at radius 3 is 1.31 bits per heavy atom. The molecule has 2 aliphatic heterocycles. The molecular formula is C65H114N2O8Si2. The molecule has 4 rings (SSSR count). The molecule has 0 radical (unpaired) electrons. The van der Waals surface area contributed by atoms with Crippen LogP contribution < -0.4 is 5.73 Å². The standard InChI is InChI=1S/C39H61NO4Si.C26H53NO4Si/c1-9-11-12-13-14-15-16-23-29-41-37-31(3)34(30-43-45(7,8)39(4,5)6)44-38(42-28-10-2)36(37)40-35(32-24-19-17-20-25-32)33-26-21-18-22-27-33;1-9-11-12-13-14-15-16-17-19-28-24-21(3)22(20-30-32(7,8)26(4,5)6)31-25(23(24)27)29-18-10-2/h10,17-22,24-28,31,34,36-38H,9,11-16,23,29-30H2,1-8H3;10,18,21-25H,9,11-17,19-20,27H2,1-8H3/b28-10-;18-10-/t31-,34-,36-,37+,38+;21-,22-,23-,24+,25+/m11/s1. The molecule has 2 N–H and O–H groups in total. The molecule has 0 bridgehead atoms. The summed E-state index contributed by atoms with van der Waals surface area (Å²) in [4.78, 5) is 5.46. The first-order chi connectivity index (χ1) is 36.6. The molecule has 2 heterocycles. The number of ether oxygens (including phenoxy) is 6. The topological polar surface area (TPSA) is 112 Å². The molecule has 12 heteroatoms. The van der Waals surface area contributed by atoms with Crippen LogP contribution in [0.3, 0.4) is 0 Å². The molecule has 0 amide bonds. The molecule has 2 aromatic rings. The van der Waals surface area contributed by atoms with Crippen molar-refractivity contribution in [2.24, 2.45) is 22.6 Å². The highest BCUT2D eigenvalue weighted by Crippen LogP contribution is 2.40. The lowest BCUT2D eigenvalue weighted by Gasteiger charge is -2.45. The molecule has 2 aromatic carbocycles. The molecule has 0 aliphatic carbocycles. The van der Waals surface area contributed by atoms with Crippen molar-refractivity contribution in [2.75, 3.05) is 26.4 Å². The Balaban J connectivity index is 0.000000431. The maximum absolute atomic E-state index is 6.83. The van der Waals surface area contributed by atoms with E-state index in [2.05, 4.69) is 144 Å². The Morgan fingerprint density at radius 1 is 0.545 bits per heavy atom. The number of nitrogens with zero attached hydrogens (tertiary/aromatic N) is 1. The van der Waals surface area contributed by atoms with Gasteiger partial charge in [0.05, 0.1) is 61.9 Å². The van der Waals surface area contributed by atoms with Crippen LogP contribution in [-0.4, -0.2) is 97.9 Å². The predicted octanol–water partition coefficient (Wildman–Crippen LogP) is 17.1. The van der Waals surface area contributed by atoms with E-state index in [4.69, 9.17) is 48.0 Å². The molecule has 0 spiro atoms. The summed E-state index contributed by atoms with van der Waals surface area (Å²) in [5.74, 6) is 0.213. The lowest BCUT2D eigenvalue weighted by atomic mass is 9.88. The largest absolute Gasteiger partial charge is 0.471 e. The highest BCUT2D eigenvalue weighted by Gasteiger charge is 2.48. The smallest absolute Gasteiger partial charge is 0.224 e. The minimum atomic E-state index is -1.98. The van der Waals surface area contributed by atoms with E-state index in [1.165, 1.54) is 89.9 Å². The van der Waals surface area contributed by atoms with Gasteiger partial charge in [-0.3, -0.25) is 4.99 Å². The van der Waals surface area contributed by atoms with Crippen molar-refractivity contribution in [3.8, 4) is 0 Å². The number of nitrogens with two attached hydrogens (primary N) is 1. The van der Waals surface area contributed by atoms with E-state index >= 15 is 0 Å². The Hall–Kier alpha value is -2.66. The van der Waals surface area contributed by atoms with Crippen LogP contribution in [0.25, 0.3) is 0 Å². The van der Waals surface area contributed by atoms with Crippen LogP contribution in [0, 0.1) is 11.8 Å². The van der Waals surface area contributed by atoms with Gasteiger partial charge in [-0.15, -0.1) is 0 Å². The van der Waals surface area contributed by atoms with Crippen LogP contribution in [0.2, 0.25) is 36.3 Å². The average Bonchev–Trinajstić information content (AvgIpc) is 3.39. The quantitative estimate of drug-likeness (QED) is 0.0323. The first kappa shape index (κ1) is 68.6. The van der Waals surface area contributed by atoms with E-state index in [-0.39, 0.29) is 58.4 Å². The maximum atomic E-state index is 6.83. The third kappa shape index (κ3) is 23.8. The Bertz CT molecular complexity index is 1880. The van der Waals surface area contributed by atoms with Crippen LogP contribution in [0.15, 0.2) is 90.3 Å². The van der Waals surface area contributed by atoms with Crippen molar-refractivity contribution in [1.82, 2.24) is 0 Å². The zero-order valence-corrected chi connectivity index (χ0v) is 53.8. The van der Waals surface area contributed by atoms with Crippen molar-refractivity contribution in [3.05, 3.63) is 96.5 Å². The van der Waals surface area contributed by atoms with Gasteiger partial charge in [-0.1, -0.05) is 232 Å². The number of benzene rings is 2. The molecule has 10 atom stereocenters. The van der Waals surface area contributed by atoms with Crippen LogP contribution in [0.4, 0.5) is 0 Å². The van der Waals surface area contributed by atoms with Gasteiger partial charge in [0.1, 0.15) is 6.04 Å². The first-order valence-corrected chi connectivity index (χ1v) is 36.2. The highest BCUT2D eigenvalue weighted by molar-refractivity contribution is 6.74. The second-order valence-corrected chi connectivity index (χ2v) is 34.7. The van der Waals surface area contributed by atoms with Crippen LogP contribution in [0.5, 0.6) is 0 Å². The van der Waals surface area contributed by atoms with E-state index in [0.717, 1.165) is 36.3 Å². The minimum Gasteiger partial charge on any atom is -0.471 e. The summed E-state index contributed by atoms with van der Waals surface area (Å²) in [7, 11) is -3.84. The van der Waals surface area contributed by atoms with Gasteiger partial charge in [0.25, 0.3) is 0 Å². The fourth-order valence-electron chi connectivity index (χ4n) is 9.32. The fraction of sp³-hybridized carbons (Fsp3) is 0.738. The molecule has 440 valence electrons. The second kappa shape index (κ2) is 35.9. The number of hydrogen-bond acceptors (Lipinski definition) is 10. The molecular weight excluding hydrogens is 993 g/mol. The van der Waals surface area contributed by atoms with E-state index in [0.29, 0.717) is 19.8 Å². The van der Waals surface area contributed by atoms with E-state index in [9.17, 15) is 0 Å². The van der Waals surface area contributed by atoms with Gasteiger partial charge in [-0.05, 0) is 63.0 Å². The third-order valence-electron chi connectivity index (χ3n) is 16.7. The van der Waals surface area contributed by atoms with Gasteiger partial charge in [-0.25, -0.2) is 0 Å². The minimum absolute atomic E-state index is 0.0656. The summed E-state index contributed by atoms with van der Waals surface area (Å²) < 4.78 is 51.4. The lowest BCUT2D eigenvalue weighted by Crippen LogP contribution is -2.60. The zero-order chi connectivity index (χ0) is 56.9. The maximum Gasteiger partial charge on any atom is 0.224 e. The van der Waals surface area contributed by atoms with Gasteiger partial charge >= 0.3 is 0 Å². The number of rotatable bonds is 33. The summed E-state index contributed by atoms with van der Waals surface area (Å²) in [6.45, 7) is 38.1. The van der Waals surface area contributed by atoms with Gasteiger partial charge in [0.15, 0.2) is 16.6 Å².